The van der Waals surface area contributed by atoms with Crippen molar-refractivity contribution in [2.24, 2.45) is 40.4 Å². The maximum absolute atomic E-state index is 12.0. The van der Waals surface area contributed by atoms with E-state index in [0.29, 0.717) is 16.6 Å². The SMILES string of the molecule is C=C(CCCC(C)C)[C@H]1CC[C@H]2[C@@H]3CC=C4CC(=O)CC[C@]4(C)[C@H]3CC[C@]12C. The Morgan fingerprint density at radius 1 is 1.18 bits per heavy atom. The van der Waals surface area contributed by atoms with Crippen molar-refractivity contribution >= 4 is 5.78 Å². The second-order valence-corrected chi connectivity index (χ2v) is 11.6. The molecule has 0 unspecified atom stereocenters. The third-order valence-corrected chi connectivity index (χ3v) is 9.71. The highest BCUT2D eigenvalue weighted by Crippen LogP contribution is 2.67. The van der Waals surface area contributed by atoms with Crippen molar-refractivity contribution in [2.45, 2.75) is 98.3 Å². The van der Waals surface area contributed by atoms with Crippen molar-refractivity contribution in [3.05, 3.63) is 23.8 Å². The third kappa shape index (κ3) is 3.25. The van der Waals surface area contributed by atoms with Crippen LogP contribution < -0.4 is 0 Å². The maximum Gasteiger partial charge on any atom is 0.136 e. The topological polar surface area (TPSA) is 17.1 Å². The summed E-state index contributed by atoms with van der Waals surface area (Å²) in [5.74, 6) is 4.55. The molecule has 6 atom stereocenters. The van der Waals surface area contributed by atoms with Crippen LogP contribution in [0, 0.1) is 40.4 Å². The van der Waals surface area contributed by atoms with Crippen LogP contribution in [-0.2, 0) is 4.79 Å². The van der Waals surface area contributed by atoms with Crippen LogP contribution in [0.4, 0.5) is 0 Å². The van der Waals surface area contributed by atoms with Crippen molar-refractivity contribution in [2.75, 3.05) is 0 Å². The zero-order valence-electron chi connectivity index (χ0n) is 18.9. The van der Waals surface area contributed by atoms with Crippen LogP contribution in [0.3, 0.4) is 0 Å². The number of hydrogen-bond acceptors (Lipinski definition) is 1. The Morgan fingerprint density at radius 3 is 2.71 bits per heavy atom. The van der Waals surface area contributed by atoms with E-state index in [2.05, 4.69) is 40.3 Å². The number of carbonyl (C=O) groups excluding carboxylic acids is 1. The van der Waals surface area contributed by atoms with Gasteiger partial charge < -0.3 is 0 Å². The third-order valence-electron chi connectivity index (χ3n) is 9.71. The number of allylic oxidation sites excluding steroid dienone is 3. The lowest BCUT2D eigenvalue weighted by Crippen LogP contribution is -2.50. The van der Waals surface area contributed by atoms with Gasteiger partial charge >= 0.3 is 0 Å². The number of carbonyl (C=O) groups is 1. The lowest BCUT2D eigenvalue weighted by molar-refractivity contribution is -0.122. The molecular weight excluding hydrogens is 340 g/mol. The molecule has 0 aromatic carbocycles. The molecule has 1 nitrogen and oxygen atoms in total. The van der Waals surface area contributed by atoms with Gasteiger partial charge in [-0.05, 0) is 91.8 Å². The number of hydrogen-bond donors (Lipinski definition) is 0. The molecule has 0 spiro atoms. The highest BCUT2D eigenvalue weighted by atomic mass is 16.1. The largest absolute Gasteiger partial charge is 0.299 e. The van der Waals surface area contributed by atoms with E-state index in [0.717, 1.165) is 48.9 Å². The summed E-state index contributed by atoms with van der Waals surface area (Å²) in [6.07, 6.45) is 15.8. The molecule has 0 aliphatic heterocycles. The summed E-state index contributed by atoms with van der Waals surface area (Å²) in [5.41, 5.74) is 3.85. The number of fused-ring (bicyclic) bond motifs is 5. The van der Waals surface area contributed by atoms with Gasteiger partial charge in [-0.15, -0.1) is 0 Å². The molecule has 0 heterocycles. The molecule has 0 bridgehead atoms. The second kappa shape index (κ2) is 7.44. The van der Waals surface area contributed by atoms with Gasteiger partial charge in [0.1, 0.15) is 5.78 Å². The van der Waals surface area contributed by atoms with Gasteiger partial charge in [0.05, 0.1) is 0 Å². The Kier molecular flexibility index (Phi) is 5.43. The molecule has 4 aliphatic rings. The first kappa shape index (κ1) is 20.4. The van der Waals surface area contributed by atoms with Gasteiger partial charge in [0.15, 0.2) is 0 Å². The van der Waals surface area contributed by atoms with Crippen LogP contribution in [-0.4, -0.2) is 5.78 Å². The first-order chi connectivity index (χ1) is 13.3. The summed E-state index contributed by atoms with van der Waals surface area (Å²) in [5, 5.41) is 0. The van der Waals surface area contributed by atoms with E-state index in [1.54, 1.807) is 5.57 Å². The summed E-state index contributed by atoms with van der Waals surface area (Å²) in [6.45, 7) is 14.4. The van der Waals surface area contributed by atoms with Crippen molar-refractivity contribution in [1.82, 2.24) is 0 Å². The van der Waals surface area contributed by atoms with E-state index in [4.69, 9.17) is 0 Å². The normalized spacial score (nSPS) is 42.6. The molecule has 3 saturated carbocycles. The average molecular weight is 383 g/mol. The molecule has 1 heteroatoms. The molecule has 4 aliphatic carbocycles. The van der Waals surface area contributed by atoms with Crippen LogP contribution in [0.1, 0.15) is 98.3 Å². The van der Waals surface area contributed by atoms with Gasteiger partial charge in [0, 0.05) is 12.8 Å². The Balaban J connectivity index is 1.50. The van der Waals surface area contributed by atoms with E-state index < -0.39 is 0 Å². The minimum absolute atomic E-state index is 0.310. The van der Waals surface area contributed by atoms with Crippen LogP contribution >= 0.6 is 0 Å². The molecule has 3 fully saturated rings. The van der Waals surface area contributed by atoms with Crippen molar-refractivity contribution in [3.63, 3.8) is 0 Å². The molecule has 0 aromatic rings. The van der Waals surface area contributed by atoms with E-state index in [1.165, 1.54) is 56.9 Å². The van der Waals surface area contributed by atoms with Crippen LogP contribution in [0.2, 0.25) is 0 Å². The zero-order chi connectivity index (χ0) is 20.1. The Bertz CT molecular complexity index is 670. The van der Waals surface area contributed by atoms with Crippen LogP contribution in [0.15, 0.2) is 23.8 Å². The summed E-state index contributed by atoms with van der Waals surface area (Å²) in [6, 6.07) is 0. The quantitative estimate of drug-likeness (QED) is 0.449. The second-order valence-electron chi connectivity index (χ2n) is 11.6. The van der Waals surface area contributed by atoms with E-state index >= 15 is 0 Å². The van der Waals surface area contributed by atoms with Gasteiger partial charge in [-0.25, -0.2) is 0 Å². The minimum Gasteiger partial charge on any atom is -0.299 e. The fourth-order valence-electron chi connectivity index (χ4n) is 8.06. The van der Waals surface area contributed by atoms with Gasteiger partial charge in [-0.3, -0.25) is 4.79 Å². The van der Waals surface area contributed by atoms with Gasteiger partial charge in [-0.1, -0.05) is 57.9 Å². The lowest BCUT2D eigenvalue weighted by Gasteiger charge is -2.57. The molecule has 0 N–H and O–H groups in total. The Labute approximate surface area is 173 Å². The van der Waals surface area contributed by atoms with Crippen molar-refractivity contribution < 1.29 is 4.79 Å². The number of ketones is 1. The molecule has 28 heavy (non-hydrogen) atoms. The molecule has 4 rings (SSSR count). The summed E-state index contributed by atoms with van der Waals surface area (Å²) >= 11 is 0. The van der Waals surface area contributed by atoms with Crippen LogP contribution in [0.5, 0.6) is 0 Å². The van der Waals surface area contributed by atoms with Gasteiger partial charge in [-0.2, -0.15) is 0 Å². The Hall–Kier alpha value is -0.850. The molecule has 0 aromatic heterocycles. The molecule has 0 saturated heterocycles. The highest BCUT2D eigenvalue weighted by molar-refractivity contribution is 5.82. The predicted octanol–water partition coefficient (Wildman–Crippen LogP) is 7.52. The minimum atomic E-state index is 0.310. The fraction of sp³-hybridized carbons (Fsp3) is 0.815. The maximum atomic E-state index is 12.0. The van der Waals surface area contributed by atoms with Gasteiger partial charge in [0.25, 0.3) is 0 Å². The Morgan fingerprint density at radius 2 is 1.96 bits per heavy atom. The first-order valence-corrected chi connectivity index (χ1v) is 12.1. The summed E-state index contributed by atoms with van der Waals surface area (Å²) < 4.78 is 0. The first-order valence-electron chi connectivity index (χ1n) is 12.1. The van der Waals surface area contributed by atoms with Crippen molar-refractivity contribution in [3.8, 4) is 0 Å². The van der Waals surface area contributed by atoms with Gasteiger partial charge in [0.2, 0.25) is 0 Å². The zero-order valence-corrected chi connectivity index (χ0v) is 18.9. The lowest BCUT2D eigenvalue weighted by atomic mass is 9.47. The fourth-order valence-corrected chi connectivity index (χ4v) is 8.06. The monoisotopic (exact) mass is 382 g/mol. The van der Waals surface area contributed by atoms with E-state index in [1.807, 2.05) is 0 Å². The van der Waals surface area contributed by atoms with Crippen molar-refractivity contribution in [1.29, 1.82) is 0 Å². The average Bonchev–Trinajstić information content (AvgIpc) is 2.99. The van der Waals surface area contributed by atoms with E-state index in [9.17, 15) is 4.79 Å². The molecule has 156 valence electrons. The summed E-state index contributed by atoms with van der Waals surface area (Å²) in [7, 11) is 0. The smallest absolute Gasteiger partial charge is 0.136 e. The number of Topliss-reactive ketones (excluding diaryl/α,β-unsaturated/α-hetero) is 1. The molecule has 0 radical (unpaired) electrons. The summed E-state index contributed by atoms with van der Waals surface area (Å²) in [4.78, 5) is 12.0. The number of rotatable bonds is 5. The van der Waals surface area contributed by atoms with Crippen LogP contribution in [0.25, 0.3) is 0 Å². The molecular formula is C27H42O. The molecule has 0 amide bonds. The highest BCUT2D eigenvalue weighted by Gasteiger charge is 2.58. The predicted molar refractivity (Wildman–Crippen MR) is 118 cm³/mol. The standard InChI is InChI=1S/C27H42O/c1-18(2)7-6-8-19(3)23-11-12-24-22-10-9-20-17-21(28)13-15-26(20,4)25(22)14-16-27(23,24)5/h9,18,22-25H,3,6-8,10-17H2,1-2,4-5H3/t22-,23+,24-,25-,26-,27+/m0/s1. The van der Waals surface area contributed by atoms with E-state index in [-0.39, 0.29) is 0 Å².